The third-order valence-electron chi connectivity index (χ3n) is 4.34. The minimum Gasteiger partial charge on any atom is -0.490 e. The van der Waals surface area contributed by atoms with E-state index in [1.54, 1.807) is 0 Å². The summed E-state index contributed by atoms with van der Waals surface area (Å²) in [7, 11) is 0. The van der Waals surface area contributed by atoms with Crippen molar-refractivity contribution in [1.29, 1.82) is 0 Å². The molecule has 0 aromatic heterocycles. The Bertz CT molecular complexity index is 773. The van der Waals surface area contributed by atoms with Crippen molar-refractivity contribution in [1.82, 2.24) is 0 Å². The van der Waals surface area contributed by atoms with Crippen LogP contribution in [0.2, 0.25) is 0 Å². The Hall–Kier alpha value is -2.30. The fraction of sp³-hybridized carbons (Fsp3) is 0.300. The Morgan fingerprint density at radius 1 is 1.00 bits per heavy atom. The second-order valence-corrected chi connectivity index (χ2v) is 6.19. The van der Waals surface area contributed by atoms with Crippen LogP contribution in [0, 0.1) is 17.5 Å². The van der Waals surface area contributed by atoms with Crippen LogP contribution in [-0.2, 0) is 11.2 Å². The molecule has 0 aliphatic carbocycles. The van der Waals surface area contributed by atoms with Crippen molar-refractivity contribution in [2.75, 3.05) is 6.61 Å². The summed E-state index contributed by atoms with van der Waals surface area (Å²) in [6.45, 7) is 2.29. The van der Waals surface area contributed by atoms with Gasteiger partial charge in [-0.15, -0.1) is 0 Å². The quantitative estimate of drug-likeness (QED) is 0.493. The van der Waals surface area contributed by atoms with Gasteiger partial charge in [-0.2, -0.15) is 0 Å². The fourth-order valence-electron chi connectivity index (χ4n) is 3.02. The lowest BCUT2D eigenvalue weighted by Gasteiger charge is -2.25. The van der Waals surface area contributed by atoms with Crippen LogP contribution in [0.1, 0.15) is 42.4 Å². The summed E-state index contributed by atoms with van der Waals surface area (Å²) in [6, 6.07) is 9.42. The number of aryl methyl sites for hydroxylation is 1. The van der Waals surface area contributed by atoms with Crippen molar-refractivity contribution in [2.45, 2.75) is 32.1 Å². The first kappa shape index (κ1) is 17.5. The van der Waals surface area contributed by atoms with Gasteiger partial charge in [0.15, 0.2) is 23.2 Å². The van der Waals surface area contributed by atoms with E-state index in [-0.39, 0.29) is 30.3 Å². The number of hydrogen-bond donors (Lipinski definition) is 0. The van der Waals surface area contributed by atoms with Crippen LogP contribution in [0.5, 0.6) is 0 Å². The molecule has 25 heavy (non-hydrogen) atoms. The molecular weight excluding hydrogens is 332 g/mol. The molecule has 3 rings (SSSR count). The van der Waals surface area contributed by atoms with Crippen LogP contribution in [0.15, 0.2) is 42.2 Å². The molecular formula is C20H18F4O. The predicted octanol–water partition coefficient (Wildman–Crippen LogP) is 5.90. The van der Waals surface area contributed by atoms with Gasteiger partial charge in [0, 0.05) is 17.9 Å². The summed E-state index contributed by atoms with van der Waals surface area (Å²) in [5.74, 6) is -5.31. The highest BCUT2D eigenvalue weighted by Gasteiger charge is 2.26. The molecule has 1 aliphatic heterocycles. The lowest BCUT2D eigenvalue weighted by Crippen LogP contribution is -2.15. The Labute approximate surface area is 143 Å². The van der Waals surface area contributed by atoms with Crippen LogP contribution < -0.4 is 0 Å². The molecule has 2 aromatic rings. The number of halogens is 4. The molecule has 0 saturated carbocycles. The lowest BCUT2D eigenvalue weighted by molar-refractivity contribution is 0.215. The molecule has 0 N–H and O–H groups in total. The molecule has 1 heterocycles. The van der Waals surface area contributed by atoms with Gasteiger partial charge < -0.3 is 4.74 Å². The van der Waals surface area contributed by atoms with Gasteiger partial charge in [-0.05, 0) is 29.7 Å². The van der Waals surface area contributed by atoms with Crippen molar-refractivity contribution >= 4 is 5.76 Å². The fourth-order valence-corrected chi connectivity index (χ4v) is 3.02. The highest BCUT2D eigenvalue weighted by atomic mass is 19.2. The average Bonchev–Trinajstić information content (AvgIpc) is 2.60. The molecule has 5 heteroatoms. The number of allylic oxidation sites excluding steroid dienone is 1. The number of rotatable bonds is 4. The molecule has 0 fully saturated rings. The monoisotopic (exact) mass is 350 g/mol. The van der Waals surface area contributed by atoms with E-state index >= 15 is 0 Å². The first-order valence-electron chi connectivity index (χ1n) is 8.24. The molecule has 0 amide bonds. The largest absolute Gasteiger partial charge is 0.490 e. The number of hydrogen-bond acceptors (Lipinski definition) is 1. The SMILES string of the molecule is CCCc1ccc(C2COC(c3cc(F)c(F)c(F)c3)=C(F)C2)cc1. The van der Waals surface area contributed by atoms with Gasteiger partial charge in [-0.25, -0.2) is 17.6 Å². The van der Waals surface area contributed by atoms with Crippen LogP contribution >= 0.6 is 0 Å². The minimum atomic E-state index is -1.58. The molecule has 0 bridgehead atoms. The normalized spacial score (nSPS) is 17.6. The first-order valence-corrected chi connectivity index (χ1v) is 8.24. The summed E-state index contributed by atoms with van der Waals surface area (Å²) in [5, 5.41) is 0. The zero-order chi connectivity index (χ0) is 18.0. The highest BCUT2D eigenvalue weighted by molar-refractivity contribution is 5.63. The third kappa shape index (κ3) is 3.70. The van der Waals surface area contributed by atoms with Gasteiger partial charge in [0.2, 0.25) is 0 Å². The maximum Gasteiger partial charge on any atom is 0.194 e. The molecule has 132 valence electrons. The van der Waals surface area contributed by atoms with Crippen molar-refractivity contribution in [3.8, 4) is 0 Å². The summed E-state index contributed by atoms with van der Waals surface area (Å²) < 4.78 is 59.6. The van der Waals surface area contributed by atoms with Crippen LogP contribution in [0.25, 0.3) is 5.76 Å². The molecule has 1 nitrogen and oxygen atoms in total. The maximum atomic E-state index is 14.4. The highest BCUT2D eigenvalue weighted by Crippen LogP contribution is 2.36. The van der Waals surface area contributed by atoms with E-state index in [0.717, 1.165) is 30.5 Å². The zero-order valence-corrected chi connectivity index (χ0v) is 13.8. The van der Waals surface area contributed by atoms with Crippen molar-refractivity contribution in [3.05, 3.63) is 76.4 Å². The van der Waals surface area contributed by atoms with Gasteiger partial charge in [-0.1, -0.05) is 37.6 Å². The Morgan fingerprint density at radius 2 is 1.64 bits per heavy atom. The van der Waals surface area contributed by atoms with Gasteiger partial charge in [0.1, 0.15) is 5.83 Å². The second-order valence-electron chi connectivity index (χ2n) is 6.19. The standard InChI is InChI=1S/C20H18F4O/c1-2-3-12-4-6-13(7-5-12)15-10-18(23)20(25-11-15)14-8-16(21)19(24)17(22)9-14/h4-9,15H,2-3,10-11H2,1H3. The van der Waals surface area contributed by atoms with Crippen molar-refractivity contribution in [3.63, 3.8) is 0 Å². The third-order valence-corrected chi connectivity index (χ3v) is 4.34. The Kier molecular flexibility index (Phi) is 5.11. The molecule has 1 atom stereocenters. The average molecular weight is 350 g/mol. The Balaban J connectivity index is 1.81. The van der Waals surface area contributed by atoms with Gasteiger partial charge in [0.05, 0.1) is 6.61 Å². The van der Waals surface area contributed by atoms with E-state index in [9.17, 15) is 17.6 Å². The molecule has 1 aliphatic rings. The molecule has 0 spiro atoms. The lowest BCUT2D eigenvalue weighted by atomic mass is 9.92. The van der Waals surface area contributed by atoms with Crippen LogP contribution in [0.4, 0.5) is 17.6 Å². The Morgan fingerprint density at radius 3 is 2.20 bits per heavy atom. The summed E-state index contributed by atoms with van der Waals surface area (Å²) in [5.41, 5.74) is 2.04. The number of ether oxygens (including phenoxy) is 1. The van der Waals surface area contributed by atoms with Gasteiger partial charge in [0.25, 0.3) is 0 Å². The summed E-state index contributed by atoms with van der Waals surface area (Å²) in [4.78, 5) is 0. The number of benzene rings is 2. The van der Waals surface area contributed by atoms with E-state index in [1.165, 1.54) is 5.56 Å². The zero-order valence-electron chi connectivity index (χ0n) is 13.8. The molecule has 1 unspecified atom stereocenters. The van der Waals surface area contributed by atoms with Crippen LogP contribution in [-0.4, -0.2) is 6.61 Å². The van der Waals surface area contributed by atoms with E-state index in [4.69, 9.17) is 4.74 Å². The topological polar surface area (TPSA) is 9.23 Å². The van der Waals surface area contributed by atoms with Gasteiger partial charge in [-0.3, -0.25) is 0 Å². The minimum absolute atomic E-state index is 0.0725. The van der Waals surface area contributed by atoms with E-state index in [2.05, 4.69) is 6.92 Å². The first-order chi connectivity index (χ1) is 12.0. The molecule has 0 saturated heterocycles. The molecule has 2 aromatic carbocycles. The maximum absolute atomic E-state index is 14.4. The smallest absolute Gasteiger partial charge is 0.194 e. The predicted molar refractivity (Wildman–Crippen MR) is 88.1 cm³/mol. The van der Waals surface area contributed by atoms with E-state index in [0.29, 0.717) is 0 Å². The van der Waals surface area contributed by atoms with Crippen molar-refractivity contribution in [2.24, 2.45) is 0 Å². The van der Waals surface area contributed by atoms with E-state index in [1.807, 2.05) is 24.3 Å². The van der Waals surface area contributed by atoms with E-state index < -0.39 is 23.3 Å². The summed E-state index contributed by atoms with van der Waals surface area (Å²) in [6.07, 6.45) is 2.11. The van der Waals surface area contributed by atoms with Gasteiger partial charge >= 0.3 is 0 Å². The molecule has 0 radical (unpaired) electrons. The van der Waals surface area contributed by atoms with Crippen molar-refractivity contribution < 1.29 is 22.3 Å². The second kappa shape index (κ2) is 7.30. The summed E-state index contributed by atoms with van der Waals surface area (Å²) >= 11 is 0. The van der Waals surface area contributed by atoms with Crippen LogP contribution in [0.3, 0.4) is 0 Å².